The minimum atomic E-state index is -4.55. The molecule has 2 aromatic rings. The number of halogens is 3. The van der Waals surface area contributed by atoms with E-state index in [1.54, 1.807) is 11.3 Å². The van der Waals surface area contributed by atoms with Crippen LogP contribution in [-0.2, 0) is 6.18 Å². The monoisotopic (exact) mass is 302 g/mol. The standard InChI is InChI=1S/C12H13F3N4S/c1-6-3-4-8(20-6)7(2)17-10-5-9(12(13,14)15)18-11(16)19-10/h3-5,7H,1-2H3,(H3,16,17,18,19). The van der Waals surface area contributed by atoms with E-state index >= 15 is 0 Å². The van der Waals surface area contributed by atoms with Gasteiger partial charge in [-0.1, -0.05) is 0 Å². The quantitative estimate of drug-likeness (QED) is 0.909. The number of aromatic nitrogens is 2. The Morgan fingerprint density at radius 2 is 2.00 bits per heavy atom. The number of nitrogens with one attached hydrogen (secondary N) is 1. The minimum absolute atomic E-state index is 0.0587. The summed E-state index contributed by atoms with van der Waals surface area (Å²) in [5, 5.41) is 2.90. The van der Waals surface area contributed by atoms with Crippen molar-refractivity contribution < 1.29 is 13.2 Å². The molecule has 1 unspecified atom stereocenters. The number of aryl methyl sites for hydroxylation is 1. The highest BCUT2D eigenvalue weighted by Gasteiger charge is 2.33. The molecule has 0 spiro atoms. The SMILES string of the molecule is Cc1ccc(C(C)Nc2cc(C(F)(F)F)nc(N)n2)s1. The van der Waals surface area contributed by atoms with Crippen LogP contribution in [0, 0.1) is 6.92 Å². The highest BCUT2D eigenvalue weighted by atomic mass is 32.1. The maximum absolute atomic E-state index is 12.6. The molecule has 0 aliphatic heterocycles. The van der Waals surface area contributed by atoms with Gasteiger partial charge < -0.3 is 11.1 Å². The smallest absolute Gasteiger partial charge is 0.368 e. The van der Waals surface area contributed by atoms with Crippen LogP contribution < -0.4 is 11.1 Å². The first-order valence-corrected chi connectivity index (χ1v) is 6.62. The van der Waals surface area contributed by atoms with E-state index in [1.165, 1.54) is 0 Å². The molecule has 0 amide bonds. The lowest BCUT2D eigenvalue weighted by Crippen LogP contribution is -2.14. The van der Waals surface area contributed by atoms with E-state index in [1.807, 2.05) is 26.0 Å². The van der Waals surface area contributed by atoms with Crippen LogP contribution in [0.4, 0.5) is 24.9 Å². The van der Waals surface area contributed by atoms with Gasteiger partial charge in [0.05, 0.1) is 6.04 Å². The van der Waals surface area contributed by atoms with Crippen molar-refractivity contribution in [3.63, 3.8) is 0 Å². The van der Waals surface area contributed by atoms with E-state index in [0.29, 0.717) is 0 Å². The number of rotatable bonds is 3. The summed E-state index contributed by atoms with van der Waals surface area (Å²) >= 11 is 1.57. The fourth-order valence-corrected chi connectivity index (χ4v) is 2.54. The molecule has 0 aromatic carbocycles. The second-order valence-electron chi connectivity index (χ2n) is 4.31. The number of anilines is 2. The van der Waals surface area contributed by atoms with Crippen molar-refractivity contribution in [3.8, 4) is 0 Å². The van der Waals surface area contributed by atoms with E-state index in [4.69, 9.17) is 5.73 Å². The molecule has 108 valence electrons. The van der Waals surface area contributed by atoms with Gasteiger partial charge in [-0.05, 0) is 26.0 Å². The molecule has 0 aliphatic carbocycles. The molecule has 1 atom stereocenters. The average molecular weight is 302 g/mol. The molecule has 3 N–H and O–H groups in total. The summed E-state index contributed by atoms with van der Waals surface area (Å²) in [6.45, 7) is 3.81. The normalized spacial score (nSPS) is 13.2. The molecule has 0 saturated heterocycles. The first-order chi connectivity index (χ1) is 9.25. The number of nitrogen functional groups attached to an aromatic ring is 1. The lowest BCUT2D eigenvalue weighted by Gasteiger charge is -2.14. The van der Waals surface area contributed by atoms with Crippen LogP contribution in [0.15, 0.2) is 18.2 Å². The topological polar surface area (TPSA) is 63.8 Å². The summed E-state index contributed by atoms with van der Waals surface area (Å²) in [5.41, 5.74) is 4.26. The summed E-state index contributed by atoms with van der Waals surface area (Å²) in [4.78, 5) is 9.11. The van der Waals surface area contributed by atoms with Gasteiger partial charge in [0, 0.05) is 15.8 Å². The highest BCUT2D eigenvalue weighted by molar-refractivity contribution is 7.12. The first-order valence-electron chi connectivity index (χ1n) is 5.80. The molecular formula is C12H13F3N4S. The van der Waals surface area contributed by atoms with Crippen molar-refractivity contribution in [1.29, 1.82) is 0 Å². The van der Waals surface area contributed by atoms with E-state index < -0.39 is 17.8 Å². The Labute approximate surface area is 117 Å². The van der Waals surface area contributed by atoms with Crippen LogP contribution in [0.1, 0.15) is 28.4 Å². The summed E-state index contributed by atoms with van der Waals surface area (Å²) < 4.78 is 37.9. The summed E-state index contributed by atoms with van der Waals surface area (Å²) in [6, 6.07) is 4.57. The predicted octanol–water partition coefficient (Wildman–Crippen LogP) is 3.62. The zero-order chi connectivity index (χ0) is 14.9. The largest absolute Gasteiger partial charge is 0.433 e. The zero-order valence-electron chi connectivity index (χ0n) is 10.8. The van der Waals surface area contributed by atoms with Gasteiger partial charge in [0.2, 0.25) is 5.95 Å². The van der Waals surface area contributed by atoms with E-state index in [2.05, 4.69) is 15.3 Å². The number of hydrogen-bond donors (Lipinski definition) is 2. The molecule has 4 nitrogen and oxygen atoms in total. The Morgan fingerprint density at radius 1 is 1.30 bits per heavy atom. The number of hydrogen-bond acceptors (Lipinski definition) is 5. The second-order valence-corrected chi connectivity index (χ2v) is 5.63. The summed E-state index contributed by atoms with van der Waals surface area (Å²) in [7, 11) is 0. The van der Waals surface area contributed by atoms with Crippen molar-refractivity contribution in [2.24, 2.45) is 0 Å². The molecule has 20 heavy (non-hydrogen) atoms. The maximum Gasteiger partial charge on any atom is 0.433 e. The lowest BCUT2D eigenvalue weighted by atomic mass is 10.2. The third kappa shape index (κ3) is 3.38. The van der Waals surface area contributed by atoms with Gasteiger partial charge in [-0.3, -0.25) is 0 Å². The fourth-order valence-electron chi connectivity index (χ4n) is 1.66. The third-order valence-electron chi connectivity index (χ3n) is 2.59. The van der Waals surface area contributed by atoms with E-state index in [9.17, 15) is 13.2 Å². The van der Waals surface area contributed by atoms with Crippen molar-refractivity contribution in [2.45, 2.75) is 26.1 Å². The molecule has 2 heterocycles. The number of nitrogens with zero attached hydrogens (tertiary/aromatic N) is 2. The van der Waals surface area contributed by atoms with Gasteiger partial charge in [0.25, 0.3) is 0 Å². The molecular weight excluding hydrogens is 289 g/mol. The molecule has 0 fully saturated rings. The Kier molecular flexibility index (Phi) is 3.85. The Morgan fingerprint density at radius 3 is 2.55 bits per heavy atom. The number of thiophene rings is 1. The molecule has 0 aliphatic rings. The number of nitrogens with two attached hydrogens (primary N) is 1. The highest BCUT2D eigenvalue weighted by Crippen LogP contribution is 2.31. The summed E-state index contributed by atoms with van der Waals surface area (Å²) in [5.74, 6) is -0.347. The summed E-state index contributed by atoms with van der Waals surface area (Å²) in [6.07, 6.45) is -4.55. The second kappa shape index (κ2) is 5.28. The van der Waals surface area contributed by atoms with E-state index in [0.717, 1.165) is 15.8 Å². The first kappa shape index (κ1) is 14.6. The van der Waals surface area contributed by atoms with Crippen molar-refractivity contribution in [3.05, 3.63) is 33.6 Å². The van der Waals surface area contributed by atoms with Gasteiger partial charge in [0.15, 0.2) is 5.69 Å². The molecule has 2 aromatic heterocycles. The fraction of sp³-hybridized carbons (Fsp3) is 0.333. The minimum Gasteiger partial charge on any atom is -0.368 e. The molecule has 0 saturated carbocycles. The number of alkyl halides is 3. The van der Waals surface area contributed by atoms with Gasteiger partial charge in [0.1, 0.15) is 5.82 Å². The van der Waals surface area contributed by atoms with Crippen molar-refractivity contribution in [2.75, 3.05) is 11.1 Å². The van der Waals surface area contributed by atoms with Crippen LogP contribution in [0.25, 0.3) is 0 Å². The van der Waals surface area contributed by atoms with E-state index in [-0.39, 0.29) is 11.9 Å². The molecule has 0 radical (unpaired) electrons. The Hall–Kier alpha value is -1.83. The van der Waals surface area contributed by atoms with Crippen LogP contribution in [0.5, 0.6) is 0 Å². The van der Waals surface area contributed by atoms with Gasteiger partial charge in [-0.2, -0.15) is 18.2 Å². The van der Waals surface area contributed by atoms with Crippen molar-refractivity contribution >= 4 is 23.1 Å². The molecule has 2 rings (SSSR count). The van der Waals surface area contributed by atoms with Crippen molar-refractivity contribution in [1.82, 2.24) is 9.97 Å². The lowest BCUT2D eigenvalue weighted by molar-refractivity contribution is -0.141. The molecule has 0 bridgehead atoms. The molecule has 8 heteroatoms. The third-order valence-corrected chi connectivity index (χ3v) is 3.77. The predicted molar refractivity (Wildman–Crippen MR) is 72.5 cm³/mol. The van der Waals surface area contributed by atoms with Gasteiger partial charge >= 0.3 is 6.18 Å². The zero-order valence-corrected chi connectivity index (χ0v) is 11.6. The Bertz CT molecular complexity index is 609. The van der Waals surface area contributed by atoms with Crippen LogP contribution in [0.3, 0.4) is 0 Å². The Balaban J connectivity index is 2.23. The van der Waals surface area contributed by atoms with Crippen LogP contribution in [-0.4, -0.2) is 9.97 Å². The van der Waals surface area contributed by atoms with Crippen LogP contribution in [0.2, 0.25) is 0 Å². The van der Waals surface area contributed by atoms with Gasteiger partial charge in [-0.25, -0.2) is 4.98 Å². The van der Waals surface area contributed by atoms with Crippen LogP contribution >= 0.6 is 11.3 Å². The average Bonchev–Trinajstić information content (AvgIpc) is 2.74. The van der Waals surface area contributed by atoms with Gasteiger partial charge in [-0.15, -0.1) is 11.3 Å². The maximum atomic E-state index is 12.6.